The number of carbonyl (C=O) groups is 2. The summed E-state index contributed by atoms with van der Waals surface area (Å²) in [6.45, 7) is 0.530. The second kappa shape index (κ2) is 9.90. The second-order valence-electron chi connectivity index (χ2n) is 7.27. The maximum atomic E-state index is 13.0. The Morgan fingerprint density at radius 3 is 2.48 bits per heavy atom. The fraction of sp³-hybridized carbons (Fsp3) is 0.208. The van der Waals surface area contributed by atoms with Crippen LogP contribution < -0.4 is 14.8 Å². The first-order chi connectivity index (χ1) is 16.1. The summed E-state index contributed by atoms with van der Waals surface area (Å²) in [7, 11) is 3.17. The van der Waals surface area contributed by atoms with Gasteiger partial charge in [-0.2, -0.15) is 5.10 Å². The van der Waals surface area contributed by atoms with Crippen LogP contribution in [0.3, 0.4) is 0 Å². The van der Waals surface area contributed by atoms with Crippen LogP contribution in [0.25, 0.3) is 0 Å². The fourth-order valence-corrected chi connectivity index (χ4v) is 3.47. The molecule has 0 atom stereocenters. The third kappa shape index (κ3) is 4.98. The van der Waals surface area contributed by atoms with Gasteiger partial charge in [-0.25, -0.2) is 15.0 Å². The van der Waals surface area contributed by atoms with Crippen molar-refractivity contribution in [3.8, 4) is 11.5 Å². The van der Waals surface area contributed by atoms with Crippen molar-refractivity contribution in [3.63, 3.8) is 0 Å². The van der Waals surface area contributed by atoms with Gasteiger partial charge >= 0.3 is 0 Å². The first kappa shape index (κ1) is 21.9. The van der Waals surface area contributed by atoms with E-state index in [0.29, 0.717) is 29.3 Å². The molecule has 2 amide bonds. The van der Waals surface area contributed by atoms with Gasteiger partial charge in [0, 0.05) is 29.6 Å². The van der Waals surface area contributed by atoms with Crippen molar-refractivity contribution in [3.05, 3.63) is 77.9 Å². The third-order valence-electron chi connectivity index (χ3n) is 5.18. The molecule has 0 unspecified atom stereocenters. The minimum Gasteiger partial charge on any atom is -0.493 e. The van der Waals surface area contributed by atoms with Crippen molar-refractivity contribution in [1.82, 2.24) is 15.0 Å². The van der Waals surface area contributed by atoms with E-state index < -0.39 is 0 Å². The van der Waals surface area contributed by atoms with Gasteiger partial charge < -0.3 is 14.8 Å². The van der Waals surface area contributed by atoms with E-state index in [1.54, 1.807) is 38.5 Å². The summed E-state index contributed by atoms with van der Waals surface area (Å²) in [6.07, 6.45) is 4.37. The van der Waals surface area contributed by atoms with E-state index >= 15 is 0 Å². The van der Waals surface area contributed by atoms with E-state index in [1.165, 1.54) is 23.6 Å². The van der Waals surface area contributed by atoms with Gasteiger partial charge in [0.05, 0.1) is 19.9 Å². The lowest BCUT2D eigenvalue weighted by atomic mass is 10.0. The topological polar surface area (TPSA) is 106 Å². The van der Waals surface area contributed by atoms with Gasteiger partial charge in [0.2, 0.25) is 0 Å². The van der Waals surface area contributed by atoms with E-state index in [9.17, 15) is 9.59 Å². The average molecular weight is 445 g/mol. The Labute approximate surface area is 191 Å². The van der Waals surface area contributed by atoms with Gasteiger partial charge in [-0.1, -0.05) is 0 Å². The Morgan fingerprint density at radius 2 is 1.79 bits per heavy atom. The molecule has 168 valence electrons. The van der Waals surface area contributed by atoms with Crippen molar-refractivity contribution in [2.75, 3.05) is 26.1 Å². The third-order valence-corrected chi connectivity index (χ3v) is 5.18. The molecule has 33 heavy (non-hydrogen) atoms. The van der Waals surface area contributed by atoms with Gasteiger partial charge in [-0.05, 0) is 61.4 Å². The number of hydrazone groups is 1. The Bertz CT molecular complexity index is 1180. The highest BCUT2D eigenvalue weighted by Crippen LogP contribution is 2.29. The smallest absolute Gasteiger partial charge is 0.274 e. The number of nitrogens with zero attached hydrogens (tertiary/aromatic N) is 4. The van der Waals surface area contributed by atoms with Crippen LogP contribution in [-0.2, 0) is 0 Å². The largest absolute Gasteiger partial charge is 0.493 e. The number of ether oxygens (including phenoxy) is 2. The summed E-state index contributed by atoms with van der Waals surface area (Å²) < 4.78 is 10.7. The van der Waals surface area contributed by atoms with Crippen molar-refractivity contribution in [2.24, 2.45) is 5.10 Å². The number of nitrogens with one attached hydrogen (secondary N) is 1. The molecule has 1 N–H and O–H groups in total. The molecule has 0 radical (unpaired) electrons. The highest BCUT2D eigenvalue weighted by Gasteiger charge is 2.21. The van der Waals surface area contributed by atoms with Crippen LogP contribution in [0.4, 0.5) is 5.69 Å². The van der Waals surface area contributed by atoms with Crippen LogP contribution in [0.15, 0.2) is 66.2 Å². The van der Waals surface area contributed by atoms with Crippen molar-refractivity contribution >= 4 is 23.2 Å². The van der Waals surface area contributed by atoms with E-state index in [4.69, 9.17) is 9.47 Å². The summed E-state index contributed by atoms with van der Waals surface area (Å²) in [5, 5.41) is 8.81. The number of methoxy groups -OCH3 is 2. The molecule has 9 nitrogen and oxygen atoms in total. The molecule has 1 aliphatic heterocycles. The molecular weight excluding hydrogens is 422 g/mol. The predicted molar refractivity (Wildman–Crippen MR) is 123 cm³/mol. The van der Waals surface area contributed by atoms with Gasteiger partial charge in [-0.3, -0.25) is 9.59 Å². The van der Waals surface area contributed by atoms with E-state index in [1.807, 2.05) is 18.2 Å². The number of benzene rings is 2. The molecule has 2 heterocycles. The van der Waals surface area contributed by atoms with Crippen LogP contribution in [-0.4, -0.2) is 53.3 Å². The van der Waals surface area contributed by atoms with Crippen LogP contribution >= 0.6 is 0 Å². The summed E-state index contributed by atoms with van der Waals surface area (Å²) >= 11 is 0. The molecule has 0 bridgehead atoms. The normalized spacial score (nSPS) is 13.2. The Kier molecular flexibility index (Phi) is 6.58. The molecule has 0 fully saturated rings. The molecule has 1 aromatic heterocycles. The summed E-state index contributed by atoms with van der Waals surface area (Å²) in [6, 6.07) is 13.8. The van der Waals surface area contributed by atoms with E-state index in [-0.39, 0.29) is 17.5 Å². The van der Waals surface area contributed by atoms with Gasteiger partial charge in [0.1, 0.15) is 12.0 Å². The van der Waals surface area contributed by atoms with Crippen molar-refractivity contribution in [2.45, 2.75) is 12.8 Å². The number of hydrogen-bond donors (Lipinski definition) is 1. The highest BCUT2D eigenvalue weighted by molar-refractivity contribution is 6.04. The Hall–Kier alpha value is -4.27. The second-order valence-corrected chi connectivity index (χ2v) is 7.27. The zero-order chi connectivity index (χ0) is 23.2. The monoisotopic (exact) mass is 445 g/mol. The van der Waals surface area contributed by atoms with Gasteiger partial charge in [0.25, 0.3) is 11.8 Å². The molecule has 4 rings (SSSR count). The first-order valence-corrected chi connectivity index (χ1v) is 10.4. The number of carbonyl (C=O) groups excluding carboxylic acids is 2. The summed E-state index contributed by atoms with van der Waals surface area (Å²) in [4.78, 5) is 33.0. The maximum Gasteiger partial charge on any atom is 0.274 e. The van der Waals surface area contributed by atoms with Gasteiger partial charge in [0.15, 0.2) is 11.5 Å². The van der Waals surface area contributed by atoms with Crippen molar-refractivity contribution in [1.29, 1.82) is 0 Å². The van der Waals surface area contributed by atoms with Crippen molar-refractivity contribution < 1.29 is 19.1 Å². The number of aromatic nitrogens is 2. The number of hydrogen-bond acceptors (Lipinski definition) is 7. The Morgan fingerprint density at radius 1 is 1.00 bits per heavy atom. The molecule has 0 saturated heterocycles. The van der Waals surface area contributed by atoms with E-state index in [0.717, 1.165) is 24.1 Å². The molecule has 2 aromatic carbocycles. The maximum absolute atomic E-state index is 13.0. The molecule has 3 aromatic rings. The molecule has 0 aliphatic carbocycles. The number of anilines is 1. The highest BCUT2D eigenvalue weighted by atomic mass is 16.5. The molecule has 9 heteroatoms. The summed E-state index contributed by atoms with van der Waals surface area (Å²) in [5.74, 6) is 0.691. The zero-order valence-corrected chi connectivity index (χ0v) is 18.3. The van der Waals surface area contributed by atoms with Crippen LogP contribution in [0.1, 0.15) is 39.3 Å². The lowest BCUT2D eigenvalue weighted by molar-refractivity contribution is 0.0751. The standard InChI is InChI=1S/C24H23N5O4/c1-32-21-10-7-17(14-22(21)33-2)19-4-3-13-29(28-19)24(31)16-5-8-18(9-6-16)27-23(30)20-11-12-25-15-26-20/h5-12,14-15H,3-4,13H2,1-2H3,(H,27,30). The Balaban J connectivity index is 1.48. The molecule has 0 saturated carbocycles. The summed E-state index contributed by atoms with van der Waals surface area (Å²) in [5.41, 5.74) is 2.99. The van der Waals surface area contributed by atoms with Gasteiger partial charge in [-0.15, -0.1) is 0 Å². The average Bonchev–Trinajstić information content (AvgIpc) is 2.88. The van der Waals surface area contributed by atoms with Crippen LogP contribution in [0.2, 0.25) is 0 Å². The molecular formula is C24H23N5O4. The number of amides is 2. The minimum atomic E-state index is -0.350. The predicted octanol–water partition coefficient (Wildman–Crippen LogP) is 3.39. The van der Waals surface area contributed by atoms with Crippen LogP contribution in [0, 0.1) is 0 Å². The van der Waals surface area contributed by atoms with Crippen LogP contribution in [0.5, 0.6) is 11.5 Å². The first-order valence-electron chi connectivity index (χ1n) is 10.4. The lowest BCUT2D eigenvalue weighted by Gasteiger charge is -2.24. The SMILES string of the molecule is COc1ccc(C2=NN(C(=O)c3ccc(NC(=O)c4ccncn4)cc3)CCC2)cc1OC. The molecule has 1 aliphatic rings. The zero-order valence-electron chi connectivity index (χ0n) is 18.3. The minimum absolute atomic E-state index is 0.207. The fourth-order valence-electron chi connectivity index (χ4n) is 3.47. The molecule has 0 spiro atoms. The van der Waals surface area contributed by atoms with E-state index in [2.05, 4.69) is 20.4 Å². The lowest BCUT2D eigenvalue weighted by Crippen LogP contribution is -2.32. The number of rotatable bonds is 6. The quantitative estimate of drug-likeness (QED) is 0.623.